The van der Waals surface area contributed by atoms with Crippen LogP contribution in [0.5, 0.6) is 0 Å². The summed E-state index contributed by atoms with van der Waals surface area (Å²) in [6.45, 7) is 1.45. The van der Waals surface area contributed by atoms with E-state index in [1.165, 1.54) is 6.92 Å². The monoisotopic (exact) mass is 274 g/mol. The Bertz CT molecular complexity index is 376. The molecular formula is C10H8BrClO2. The molecule has 1 aromatic rings. The molecule has 0 fully saturated rings. The van der Waals surface area contributed by atoms with E-state index in [-0.39, 0.29) is 5.78 Å². The minimum absolute atomic E-state index is 0.0598. The van der Waals surface area contributed by atoms with Crippen molar-refractivity contribution in [3.63, 3.8) is 0 Å². The minimum Gasteiger partial charge on any atom is -0.298 e. The zero-order chi connectivity index (χ0) is 10.7. The molecule has 0 N–H and O–H groups in total. The molecule has 0 saturated carbocycles. The molecule has 0 spiro atoms. The fourth-order valence-corrected chi connectivity index (χ4v) is 1.67. The van der Waals surface area contributed by atoms with Crippen LogP contribution in [0.4, 0.5) is 0 Å². The molecule has 0 amide bonds. The van der Waals surface area contributed by atoms with Crippen molar-refractivity contribution in [2.24, 2.45) is 0 Å². The summed E-state index contributed by atoms with van der Waals surface area (Å²) in [6, 6.07) is 4.84. The molecule has 0 aromatic heterocycles. The topological polar surface area (TPSA) is 34.1 Å². The van der Waals surface area contributed by atoms with E-state index < -0.39 is 4.83 Å². The maximum atomic E-state index is 11.1. The lowest BCUT2D eigenvalue weighted by Gasteiger charge is -2.09. The van der Waals surface area contributed by atoms with Crippen LogP contribution >= 0.6 is 27.5 Å². The van der Waals surface area contributed by atoms with E-state index in [2.05, 4.69) is 15.9 Å². The van der Waals surface area contributed by atoms with Crippen LogP contribution in [0, 0.1) is 0 Å². The quantitative estimate of drug-likeness (QED) is 0.627. The van der Waals surface area contributed by atoms with Gasteiger partial charge in [0.1, 0.15) is 12.1 Å². The van der Waals surface area contributed by atoms with Gasteiger partial charge in [-0.25, -0.2) is 0 Å². The van der Waals surface area contributed by atoms with Crippen molar-refractivity contribution in [2.45, 2.75) is 11.8 Å². The molecule has 0 radical (unpaired) electrons. The van der Waals surface area contributed by atoms with Gasteiger partial charge in [0.05, 0.1) is 4.83 Å². The van der Waals surface area contributed by atoms with Gasteiger partial charge in [-0.2, -0.15) is 0 Å². The molecule has 0 heterocycles. The average Bonchev–Trinajstić information content (AvgIpc) is 2.16. The first-order chi connectivity index (χ1) is 6.56. The maximum Gasteiger partial charge on any atom is 0.150 e. The second kappa shape index (κ2) is 4.71. The standard InChI is InChI=1S/C10H8BrClO2/c1-6(14)10(11)9-4-8(12)3-2-7(9)5-13/h2-5,10H,1H3. The molecule has 1 unspecified atom stereocenters. The fraction of sp³-hybridized carbons (Fsp3) is 0.200. The smallest absolute Gasteiger partial charge is 0.150 e. The third kappa shape index (κ3) is 2.42. The summed E-state index contributed by atoms with van der Waals surface area (Å²) in [6.07, 6.45) is 0.711. The van der Waals surface area contributed by atoms with Gasteiger partial charge >= 0.3 is 0 Å². The normalized spacial score (nSPS) is 12.2. The van der Waals surface area contributed by atoms with Crippen LogP contribution in [-0.4, -0.2) is 12.1 Å². The van der Waals surface area contributed by atoms with Gasteiger partial charge in [-0.15, -0.1) is 0 Å². The van der Waals surface area contributed by atoms with E-state index in [1.807, 2.05) is 0 Å². The number of ketones is 1. The van der Waals surface area contributed by atoms with E-state index >= 15 is 0 Å². The first-order valence-corrected chi connectivity index (χ1v) is 5.24. The van der Waals surface area contributed by atoms with Crippen LogP contribution in [0.1, 0.15) is 27.7 Å². The maximum absolute atomic E-state index is 11.1. The molecule has 1 atom stereocenters. The molecule has 0 saturated heterocycles. The van der Waals surface area contributed by atoms with Gasteiger partial charge in [0, 0.05) is 10.6 Å². The number of aldehydes is 1. The number of halogens is 2. The van der Waals surface area contributed by atoms with E-state index in [9.17, 15) is 9.59 Å². The molecule has 0 aliphatic carbocycles. The van der Waals surface area contributed by atoms with Crippen LogP contribution in [0.25, 0.3) is 0 Å². The van der Waals surface area contributed by atoms with Crippen molar-refractivity contribution < 1.29 is 9.59 Å². The Hall–Kier alpha value is -0.670. The Kier molecular flexibility index (Phi) is 3.84. The number of Topliss-reactive ketones (excluding diaryl/α,β-unsaturated/α-hetero) is 1. The molecule has 0 aliphatic rings. The van der Waals surface area contributed by atoms with Crippen molar-refractivity contribution in [1.82, 2.24) is 0 Å². The highest BCUT2D eigenvalue weighted by molar-refractivity contribution is 9.09. The molecule has 0 aliphatic heterocycles. The molecule has 4 heteroatoms. The Balaban J connectivity index is 3.23. The van der Waals surface area contributed by atoms with Crippen LogP contribution in [0.3, 0.4) is 0 Å². The fourth-order valence-electron chi connectivity index (χ4n) is 1.09. The minimum atomic E-state index is -0.471. The van der Waals surface area contributed by atoms with Gasteiger partial charge in [-0.1, -0.05) is 27.5 Å². The number of rotatable bonds is 3. The molecule has 14 heavy (non-hydrogen) atoms. The summed E-state index contributed by atoms with van der Waals surface area (Å²) in [7, 11) is 0. The third-order valence-electron chi connectivity index (χ3n) is 1.81. The van der Waals surface area contributed by atoms with Crippen molar-refractivity contribution in [3.8, 4) is 0 Å². The summed E-state index contributed by atoms with van der Waals surface area (Å²) in [5, 5.41) is 0.510. The lowest BCUT2D eigenvalue weighted by atomic mass is 10.0. The second-order valence-electron chi connectivity index (χ2n) is 2.86. The highest BCUT2D eigenvalue weighted by Gasteiger charge is 2.16. The van der Waals surface area contributed by atoms with Gasteiger partial charge in [0.15, 0.2) is 0 Å². The van der Waals surface area contributed by atoms with Gasteiger partial charge in [-0.05, 0) is 30.7 Å². The summed E-state index contributed by atoms with van der Waals surface area (Å²) in [5.41, 5.74) is 1.09. The Labute approximate surface area is 95.4 Å². The first-order valence-electron chi connectivity index (χ1n) is 3.95. The van der Waals surface area contributed by atoms with Crippen LogP contribution in [0.15, 0.2) is 18.2 Å². The SMILES string of the molecule is CC(=O)C(Br)c1cc(Cl)ccc1C=O. The zero-order valence-corrected chi connectivity index (χ0v) is 9.80. The van der Waals surface area contributed by atoms with Crippen molar-refractivity contribution in [1.29, 1.82) is 0 Å². The van der Waals surface area contributed by atoms with E-state index in [4.69, 9.17) is 11.6 Å². The molecule has 0 bridgehead atoms. The van der Waals surface area contributed by atoms with Gasteiger partial charge in [-0.3, -0.25) is 9.59 Å². The summed E-state index contributed by atoms with van der Waals surface area (Å²) >= 11 is 8.98. The third-order valence-corrected chi connectivity index (χ3v) is 3.18. The average molecular weight is 276 g/mol. The molecule has 2 nitrogen and oxygen atoms in total. The Morgan fingerprint density at radius 3 is 2.71 bits per heavy atom. The largest absolute Gasteiger partial charge is 0.298 e. The van der Waals surface area contributed by atoms with Crippen LogP contribution < -0.4 is 0 Å². The predicted molar refractivity (Wildman–Crippen MR) is 59.2 cm³/mol. The van der Waals surface area contributed by atoms with Crippen molar-refractivity contribution in [3.05, 3.63) is 34.3 Å². The van der Waals surface area contributed by atoms with E-state index in [0.29, 0.717) is 22.4 Å². The number of hydrogen-bond donors (Lipinski definition) is 0. The van der Waals surface area contributed by atoms with E-state index in [1.54, 1.807) is 18.2 Å². The molecule has 74 valence electrons. The Morgan fingerprint density at radius 1 is 1.57 bits per heavy atom. The van der Waals surface area contributed by atoms with E-state index in [0.717, 1.165) is 0 Å². The zero-order valence-electron chi connectivity index (χ0n) is 7.46. The van der Waals surface area contributed by atoms with Crippen LogP contribution in [0.2, 0.25) is 5.02 Å². The number of carbonyl (C=O) groups excluding carboxylic acids is 2. The van der Waals surface area contributed by atoms with Gasteiger partial charge in [0.25, 0.3) is 0 Å². The van der Waals surface area contributed by atoms with Crippen LogP contribution in [-0.2, 0) is 4.79 Å². The summed E-state index contributed by atoms with van der Waals surface area (Å²) < 4.78 is 0. The molecule has 1 aromatic carbocycles. The van der Waals surface area contributed by atoms with Gasteiger partial charge < -0.3 is 0 Å². The van der Waals surface area contributed by atoms with Crippen molar-refractivity contribution in [2.75, 3.05) is 0 Å². The number of carbonyl (C=O) groups is 2. The molecular weight excluding hydrogens is 267 g/mol. The summed E-state index contributed by atoms with van der Waals surface area (Å²) in [5.74, 6) is -0.0598. The highest BCUT2D eigenvalue weighted by Crippen LogP contribution is 2.28. The lowest BCUT2D eigenvalue weighted by molar-refractivity contribution is -0.116. The van der Waals surface area contributed by atoms with Gasteiger partial charge in [0.2, 0.25) is 0 Å². The second-order valence-corrected chi connectivity index (χ2v) is 4.22. The number of alkyl halides is 1. The predicted octanol–water partition coefficient (Wildman–Crippen LogP) is 3.18. The Morgan fingerprint density at radius 2 is 2.21 bits per heavy atom. The lowest BCUT2D eigenvalue weighted by Crippen LogP contribution is -2.04. The molecule has 1 rings (SSSR count). The van der Waals surface area contributed by atoms with Crippen molar-refractivity contribution >= 4 is 39.6 Å². The number of benzene rings is 1. The summed E-state index contributed by atoms with van der Waals surface area (Å²) in [4.78, 5) is 21.3. The highest BCUT2D eigenvalue weighted by atomic mass is 79.9. The number of hydrogen-bond acceptors (Lipinski definition) is 2. The first kappa shape index (κ1) is 11.4.